The summed E-state index contributed by atoms with van der Waals surface area (Å²) in [5.41, 5.74) is 7.38. The van der Waals surface area contributed by atoms with Crippen LogP contribution in [0.1, 0.15) is 25.3 Å². The van der Waals surface area contributed by atoms with Crippen LogP contribution in [0, 0.1) is 0 Å². The van der Waals surface area contributed by atoms with Crippen molar-refractivity contribution in [2.45, 2.75) is 31.6 Å². The number of ether oxygens (including phenoxy) is 1. The second-order valence-electron chi connectivity index (χ2n) is 4.87. The highest BCUT2D eigenvalue weighted by Gasteiger charge is 2.12. The van der Waals surface area contributed by atoms with E-state index >= 15 is 0 Å². The molecule has 0 fully saturated rings. The minimum atomic E-state index is -0.966. The number of benzene rings is 1. The maximum atomic E-state index is 11.9. The van der Waals surface area contributed by atoms with E-state index in [9.17, 15) is 9.00 Å². The molecule has 5 nitrogen and oxygen atoms in total. The zero-order chi connectivity index (χ0) is 15.7. The highest BCUT2D eigenvalue weighted by molar-refractivity contribution is 7.84. The van der Waals surface area contributed by atoms with Crippen molar-refractivity contribution >= 4 is 22.4 Å². The molecule has 0 aliphatic heterocycles. The van der Waals surface area contributed by atoms with Gasteiger partial charge in [-0.25, -0.2) is 0 Å². The van der Waals surface area contributed by atoms with Gasteiger partial charge in [-0.2, -0.15) is 0 Å². The molecule has 2 unspecified atom stereocenters. The van der Waals surface area contributed by atoms with Crippen LogP contribution in [-0.2, 0) is 26.1 Å². The van der Waals surface area contributed by atoms with Crippen molar-refractivity contribution in [1.82, 2.24) is 0 Å². The van der Waals surface area contributed by atoms with Crippen molar-refractivity contribution in [3.05, 3.63) is 29.8 Å². The predicted octanol–water partition coefficient (Wildman–Crippen LogP) is 1.65. The number of hydrogen-bond acceptors (Lipinski definition) is 4. The Balaban J connectivity index is 2.59. The van der Waals surface area contributed by atoms with Gasteiger partial charge in [-0.1, -0.05) is 25.5 Å². The third-order valence-corrected chi connectivity index (χ3v) is 4.25. The van der Waals surface area contributed by atoms with Crippen molar-refractivity contribution in [2.75, 3.05) is 24.8 Å². The summed E-state index contributed by atoms with van der Waals surface area (Å²) in [5.74, 6) is 0.775. The molecule has 0 bridgehead atoms. The molecule has 0 aliphatic carbocycles. The molecular weight excluding hydrogens is 288 g/mol. The lowest BCUT2D eigenvalue weighted by Crippen LogP contribution is -2.35. The Morgan fingerprint density at radius 3 is 2.90 bits per heavy atom. The highest BCUT2D eigenvalue weighted by atomic mass is 32.2. The molecule has 1 amide bonds. The normalized spacial score (nSPS) is 13.7. The minimum absolute atomic E-state index is 0.186. The van der Waals surface area contributed by atoms with Crippen LogP contribution in [0.25, 0.3) is 0 Å². The molecule has 3 N–H and O–H groups in total. The van der Waals surface area contributed by atoms with Gasteiger partial charge in [-0.05, 0) is 24.1 Å². The lowest BCUT2D eigenvalue weighted by molar-refractivity contribution is -0.117. The zero-order valence-electron chi connectivity index (χ0n) is 12.6. The summed E-state index contributed by atoms with van der Waals surface area (Å²) in [4.78, 5) is 11.9. The molecule has 0 saturated heterocycles. The van der Waals surface area contributed by atoms with Gasteiger partial charge in [0.15, 0.2) is 0 Å². The third-order valence-electron chi connectivity index (χ3n) is 2.97. The molecule has 6 heteroatoms. The Kier molecular flexibility index (Phi) is 8.19. The first-order valence-corrected chi connectivity index (χ1v) is 8.55. The second kappa shape index (κ2) is 9.65. The monoisotopic (exact) mass is 312 g/mol. The van der Waals surface area contributed by atoms with Gasteiger partial charge in [0.05, 0.1) is 12.6 Å². The van der Waals surface area contributed by atoms with Crippen LogP contribution in [0.15, 0.2) is 24.3 Å². The molecule has 118 valence electrons. The van der Waals surface area contributed by atoms with Crippen LogP contribution in [0.2, 0.25) is 0 Å². The van der Waals surface area contributed by atoms with Crippen LogP contribution >= 0.6 is 0 Å². The molecule has 0 heterocycles. The minimum Gasteiger partial charge on any atom is -0.384 e. The number of carbonyl (C=O) groups excluding carboxylic acids is 1. The van der Waals surface area contributed by atoms with E-state index in [1.807, 2.05) is 25.1 Å². The predicted molar refractivity (Wildman–Crippen MR) is 86.5 cm³/mol. The summed E-state index contributed by atoms with van der Waals surface area (Å²) in [6.45, 7) is 2.47. The smallest absolute Gasteiger partial charge is 0.241 e. The molecule has 1 aromatic carbocycles. The molecular formula is C15H24N2O3S. The van der Waals surface area contributed by atoms with Gasteiger partial charge in [0, 0.05) is 35.1 Å². The first kappa shape index (κ1) is 17.8. The SMILES string of the molecule is CCCC(N)C(=O)Nc1cccc(CS(=O)CCOC)c1. The van der Waals surface area contributed by atoms with Crippen LogP contribution < -0.4 is 11.1 Å². The summed E-state index contributed by atoms with van der Waals surface area (Å²) in [6.07, 6.45) is 1.53. The summed E-state index contributed by atoms with van der Waals surface area (Å²) >= 11 is 0. The van der Waals surface area contributed by atoms with E-state index in [-0.39, 0.29) is 5.91 Å². The van der Waals surface area contributed by atoms with Crippen LogP contribution in [0.3, 0.4) is 0 Å². The second-order valence-corrected chi connectivity index (χ2v) is 6.44. The van der Waals surface area contributed by atoms with E-state index < -0.39 is 16.8 Å². The quantitative estimate of drug-likeness (QED) is 0.726. The number of amides is 1. The van der Waals surface area contributed by atoms with Crippen LogP contribution in [0.5, 0.6) is 0 Å². The molecule has 0 radical (unpaired) electrons. The van der Waals surface area contributed by atoms with Crippen molar-refractivity contribution < 1.29 is 13.7 Å². The van der Waals surface area contributed by atoms with E-state index in [1.165, 1.54) is 0 Å². The highest BCUT2D eigenvalue weighted by Crippen LogP contribution is 2.13. The van der Waals surface area contributed by atoms with Crippen LogP contribution in [-0.4, -0.2) is 35.6 Å². The fraction of sp³-hybridized carbons (Fsp3) is 0.533. The first-order valence-electron chi connectivity index (χ1n) is 7.06. The number of carbonyl (C=O) groups is 1. The van der Waals surface area contributed by atoms with E-state index in [1.54, 1.807) is 13.2 Å². The molecule has 1 rings (SSSR count). The number of rotatable bonds is 9. The fourth-order valence-corrected chi connectivity index (χ4v) is 2.90. The molecule has 1 aromatic rings. The van der Waals surface area contributed by atoms with Gasteiger partial charge in [0.25, 0.3) is 0 Å². The summed E-state index contributed by atoms with van der Waals surface area (Å²) in [7, 11) is 0.624. The average Bonchev–Trinajstić information content (AvgIpc) is 2.45. The van der Waals surface area contributed by atoms with Gasteiger partial charge in [0.2, 0.25) is 5.91 Å². The fourth-order valence-electron chi connectivity index (χ4n) is 1.85. The average molecular weight is 312 g/mol. The van der Waals surface area contributed by atoms with Gasteiger partial charge in [0.1, 0.15) is 0 Å². The Labute approximate surface area is 128 Å². The van der Waals surface area contributed by atoms with Gasteiger partial charge < -0.3 is 15.8 Å². The van der Waals surface area contributed by atoms with Crippen molar-refractivity contribution in [3.63, 3.8) is 0 Å². The lowest BCUT2D eigenvalue weighted by atomic mass is 10.1. The molecule has 0 spiro atoms. The zero-order valence-corrected chi connectivity index (χ0v) is 13.4. The van der Waals surface area contributed by atoms with E-state index in [2.05, 4.69) is 5.32 Å². The Hall–Kier alpha value is -1.24. The topological polar surface area (TPSA) is 81.4 Å². The lowest BCUT2D eigenvalue weighted by Gasteiger charge is -2.12. The maximum absolute atomic E-state index is 11.9. The van der Waals surface area contributed by atoms with Crippen molar-refractivity contribution in [1.29, 1.82) is 0 Å². The van der Waals surface area contributed by atoms with Crippen molar-refractivity contribution in [2.24, 2.45) is 5.73 Å². The summed E-state index contributed by atoms with van der Waals surface area (Å²) < 4.78 is 16.7. The number of methoxy groups -OCH3 is 1. The molecule has 2 atom stereocenters. The van der Waals surface area contributed by atoms with Gasteiger partial charge >= 0.3 is 0 Å². The Morgan fingerprint density at radius 1 is 1.48 bits per heavy atom. The van der Waals surface area contributed by atoms with E-state index in [0.29, 0.717) is 30.2 Å². The molecule has 0 aliphatic rings. The Morgan fingerprint density at radius 2 is 2.24 bits per heavy atom. The standard InChI is InChI=1S/C15H24N2O3S/c1-3-5-14(16)15(18)17-13-7-4-6-12(10-13)11-21(19)9-8-20-2/h4,6-7,10,14H,3,5,8-9,11,16H2,1-2H3,(H,17,18). The number of hydrogen-bond donors (Lipinski definition) is 2. The summed E-state index contributed by atoms with van der Waals surface area (Å²) in [5, 5.41) is 2.80. The molecule has 0 saturated carbocycles. The van der Waals surface area contributed by atoms with Gasteiger partial charge in [-0.3, -0.25) is 9.00 Å². The van der Waals surface area contributed by atoms with E-state index in [0.717, 1.165) is 12.0 Å². The molecule has 21 heavy (non-hydrogen) atoms. The number of anilines is 1. The maximum Gasteiger partial charge on any atom is 0.241 e. The summed E-state index contributed by atoms with van der Waals surface area (Å²) in [6, 6.07) is 6.88. The number of nitrogens with two attached hydrogens (primary N) is 1. The Bertz CT molecular complexity index is 480. The van der Waals surface area contributed by atoms with Gasteiger partial charge in [-0.15, -0.1) is 0 Å². The van der Waals surface area contributed by atoms with Crippen molar-refractivity contribution in [3.8, 4) is 0 Å². The number of nitrogens with one attached hydrogen (secondary N) is 1. The third kappa shape index (κ3) is 6.84. The first-order chi connectivity index (χ1) is 10.1. The largest absolute Gasteiger partial charge is 0.384 e. The van der Waals surface area contributed by atoms with Crippen LogP contribution in [0.4, 0.5) is 5.69 Å². The molecule has 0 aromatic heterocycles. The van der Waals surface area contributed by atoms with E-state index in [4.69, 9.17) is 10.5 Å².